The van der Waals surface area contributed by atoms with E-state index in [2.05, 4.69) is 10.2 Å². The lowest BCUT2D eigenvalue weighted by atomic mass is 10.1. The van der Waals surface area contributed by atoms with Crippen LogP contribution in [0.1, 0.15) is 53.6 Å². The van der Waals surface area contributed by atoms with E-state index in [0.717, 1.165) is 25.3 Å². The highest BCUT2D eigenvalue weighted by molar-refractivity contribution is 6.33. The van der Waals surface area contributed by atoms with Gasteiger partial charge in [-0.3, -0.25) is 14.2 Å². The minimum Gasteiger partial charge on any atom is -0.329 e. The molecule has 142 valence electrons. The smallest absolute Gasteiger partial charge is 0.329 e. The molecular formula is C16H19ClF3N5O. The summed E-state index contributed by atoms with van der Waals surface area (Å²) in [6, 6.07) is 0.533. The first-order valence-corrected chi connectivity index (χ1v) is 8.67. The molecule has 0 radical (unpaired) electrons. The lowest BCUT2D eigenvalue weighted by Crippen LogP contribution is -2.37. The highest BCUT2D eigenvalue weighted by Crippen LogP contribution is 2.35. The normalized spacial score (nSPS) is 18.8. The van der Waals surface area contributed by atoms with Crippen molar-refractivity contribution in [1.29, 1.82) is 0 Å². The molecule has 1 aliphatic heterocycles. The highest BCUT2D eigenvalue weighted by Gasteiger charge is 2.38. The van der Waals surface area contributed by atoms with Gasteiger partial charge in [-0.15, -0.1) is 0 Å². The van der Waals surface area contributed by atoms with Gasteiger partial charge in [0.1, 0.15) is 5.69 Å². The number of aryl methyl sites for hydroxylation is 2. The molecule has 0 aromatic carbocycles. The first kappa shape index (κ1) is 18.8. The van der Waals surface area contributed by atoms with E-state index in [4.69, 9.17) is 11.6 Å². The number of likely N-dealkylation sites (tertiary alicyclic amines) is 1. The molecule has 1 amide bonds. The van der Waals surface area contributed by atoms with Crippen LogP contribution in [0.15, 0.2) is 12.3 Å². The van der Waals surface area contributed by atoms with E-state index in [9.17, 15) is 18.0 Å². The van der Waals surface area contributed by atoms with Gasteiger partial charge in [0.2, 0.25) is 0 Å². The van der Waals surface area contributed by atoms with Crippen molar-refractivity contribution in [2.24, 2.45) is 14.1 Å². The van der Waals surface area contributed by atoms with E-state index in [1.807, 2.05) is 0 Å². The third-order valence-corrected chi connectivity index (χ3v) is 4.93. The van der Waals surface area contributed by atoms with Crippen molar-refractivity contribution in [3.05, 3.63) is 34.4 Å². The third kappa shape index (κ3) is 3.44. The van der Waals surface area contributed by atoms with Crippen LogP contribution in [0.3, 0.4) is 0 Å². The Morgan fingerprint density at radius 2 is 1.96 bits per heavy atom. The van der Waals surface area contributed by atoms with E-state index in [0.29, 0.717) is 18.7 Å². The Labute approximate surface area is 153 Å². The second-order valence-electron chi connectivity index (χ2n) is 6.40. The molecule has 0 bridgehead atoms. The van der Waals surface area contributed by atoms with E-state index in [1.165, 1.54) is 22.6 Å². The molecule has 1 aliphatic rings. The number of carbonyl (C=O) groups excluding carboxylic acids is 1. The maximum absolute atomic E-state index is 13.1. The molecule has 0 aliphatic carbocycles. The average Bonchev–Trinajstić information content (AvgIpc) is 3.00. The van der Waals surface area contributed by atoms with Gasteiger partial charge in [0.25, 0.3) is 5.91 Å². The van der Waals surface area contributed by atoms with Crippen molar-refractivity contribution in [2.45, 2.75) is 37.9 Å². The van der Waals surface area contributed by atoms with Gasteiger partial charge in [0.05, 0.1) is 23.0 Å². The summed E-state index contributed by atoms with van der Waals surface area (Å²) < 4.78 is 41.7. The standard InChI is InChI=1S/C16H19ClF3N5O/c1-23-12(8-13(22-23)16(18,19)20)11-6-4-3-5-7-25(11)15(26)14-10(17)9-21-24(14)2/h8-9,11H,3-7H2,1-2H3/t11-/m1/s1. The Kier molecular flexibility index (Phi) is 5.01. The fourth-order valence-corrected chi connectivity index (χ4v) is 3.63. The Morgan fingerprint density at radius 1 is 1.23 bits per heavy atom. The van der Waals surface area contributed by atoms with Crippen LogP contribution in [0.4, 0.5) is 13.2 Å². The summed E-state index contributed by atoms with van der Waals surface area (Å²) in [4.78, 5) is 14.7. The number of carbonyl (C=O) groups is 1. The number of alkyl halides is 3. The molecule has 3 heterocycles. The predicted octanol–water partition coefficient (Wildman–Crippen LogP) is 3.58. The number of halogens is 4. The first-order valence-electron chi connectivity index (χ1n) is 8.29. The first-order chi connectivity index (χ1) is 12.2. The van der Waals surface area contributed by atoms with Crippen LogP contribution in [0.5, 0.6) is 0 Å². The molecule has 0 unspecified atom stereocenters. The number of hydrogen-bond donors (Lipinski definition) is 0. The van der Waals surface area contributed by atoms with Crippen molar-refractivity contribution < 1.29 is 18.0 Å². The predicted molar refractivity (Wildman–Crippen MR) is 88.7 cm³/mol. The highest BCUT2D eigenvalue weighted by atomic mass is 35.5. The lowest BCUT2D eigenvalue weighted by Gasteiger charge is -2.30. The second-order valence-corrected chi connectivity index (χ2v) is 6.81. The molecule has 26 heavy (non-hydrogen) atoms. The number of hydrogen-bond acceptors (Lipinski definition) is 3. The summed E-state index contributed by atoms with van der Waals surface area (Å²) in [5.41, 5.74) is -0.354. The van der Waals surface area contributed by atoms with Crippen LogP contribution in [0, 0.1) is 0 Å². The molecule has 0 saturated carbocycles. The van der Waals surface area contributed by atoms with E-state index >= 15 is 0 Å². The molecule has 2 aromatic heterocycles. The van der Waals surface area contributed by atoms with Crippen LogP contribution < -0.4 is 0 Å². The quantitative estimate of drug-likeness (QED) is 0.788. The average molecular weight is 390 g/mol. The number of amides is 1. The lowest BCUT2D eigenvalue weighted by molar-refractivity contribution is -0.141. The SMILES string of the molecule is Cn1nc(C(F)(F)F)cc1[C@H]1CCCCCN1C(=O)c1c(Cl)cnn1C. The fourth-order valence-electron chi connectivity index (χ4n) is 3.38. The van der Waals surface area contributed by atoms with E-state index in [1.54, 1.807) is 11.9 Å². The zero-order valence-corrected chi connectivity index (χ0v) is 15.2. The molecule has 3 rings (SSSR count). The molecule has 10 heteroatoms. The Balaban J connectivity index is 2.01. The monoisotopic (exact) mass is 389 g/mol. The van der Waals surface area contributed by atoms with Gasteiger partial charge in [0.15, 0.2) is 5.69 Å². The van der Waals surface area contributed by atoms with Crippen LogP contribution in [0.25, 0.3) is 0 Å². The van der Waals surface area contributed by atoms with Crippen molar-refractivity contribution in [1.82, 2.24) is 24.5 Å². The summed E-state index contributed by atoms with van der Waals surface area (Å²) in [5.74, 6) is -0.336. The van der Waals surface area contributed by atoms with Crippen LogP contribution in [-0.2, 0) is 20.3 Å². The summed E-state index contributed by atoms with van der Waals surface area (Å²) in [6.45, 7) is 0.442. The summed E-state index contributed by atoms with van der Waals surface area (Å²) in [7, 11) is 3.08. The van der Waals surface area contributed by atoms with Crippen LogP contribution in [0.2, 0.25) is 5.02 Å². The van der Waals surface area contributed by atoms with Gasteiger partial charge in [-0.25, -0.2) is 0 Å². The van der Waals surface area contributed by atoms with E-state index < -0.39 is 17.9 Å². The zero-order valence-electron chi connectivity index (χ0n) is 14.4. The van der Waals surface area contributed by atoms with Crippen molar-refractivity contribution in [3.63, 3.8) is 0 Å². The Morgan fingerprint density at radius 3 is 2.54 bits per heavy atom. The zero-order chi connectivity index (χ0) is 19.1. The summed E-state index contributed by atoms with van der Waals surface area (Å²) in [5, 5.41) is 7.79. The Hall–Kier alpha value is -2.03. The molecule has 1 fully saturated rings. The maximum atomic E-state index is 13.1. The number of rotatable bonds is 2. The molecule has 0 spiro atoms. The van der Waals surface area contributed by atoms with Gasteiger partial charge in [-0.1, -0.05) is 24.4 Å². The van der Waals surface area contributed by atoms with Gasteiger partial charge in [-0.2, -0.15) is 23.4 Å². The molecule has 2 aromatic rings. The van der Waals surface area contributed by atoms with Gasteiger partial charge in [-0.05, 0) is 18.9 Å². The Bertz CT molecular complexity index is 794. The molecule has 1 saturated heterocycles. The van der Waals surface area contributed by atoms with Crippen molar-refractivity contribution in [2.75, 3.05) is 6.54 Å². The van der Waals surface area contributed by atoms with Crippen molar-refractivity contribution >= 4 is 17.5 Å². The largest absolute Gasteiger partial charge is 0.435 e. The van der Waals surface area contributed by atoms with Gasteiger partial charge in [0, 0.05) is 20.6 Å². The molecule has 0 N–H and O–H groups in total. The summed E-state index contributed by atoms with van der Waals surface area (Å²) >= 11 is 6.09. The molecular weight excluding hydrogens is 371 g/mol. The number of aromatic nitrogens is 4. The topological polar surface area (TPSA) is 56.0 Å². The van der Waals surface area contributed by atoms with Crippen molar-refractivity contribution in [3.8, 4) is 0 Å². The van der Waals surface area contributed by atoms with Gasteiger partial charge < -0.3 is 4.90 Å². The summed E-state index contributed by atoms with van der Waals surface area (Å²) in [6.07, 6.45) is -0.0718. The minimum atomic E-state index is -4.53. The molecule has 6 nitrogen and oxygen atoms in total. The minimum absolute atomic E-state index is 0.224. The van der Waals surface area contributed by atoms with Crippen LogP contribution >= 0.6 is 11.6 Å². The fraction of sp³-hybridized carbons (Fsp3) is 0.562. The maximum Gasteiger partial charge on any atom is 0.435 e. The molecule has 1 atom stereocenters. The number of nitrogens with zero attached hydrogens (tertiary/aromatic N) is 5. The van der Waals surface area contributed by atoms with E-state index in [-0.39, 0.29) is 16.6 Å². The second kappa shape index (κ2) is 6.94. The van der Waals surface area contributed by atoms with Crippen LogP contribution in [-0.4, -0.2) is 36.9 Å². The van der Waals surface area contributed by atoms with Gasteiger partial charge >= 0.3 is 6.18 Å². The third-order valence-electron chi connectivity index (χ3n) is 4.66.